The van der Waals surface area contributed by atoms with Crippen LogP contribution in [0, 0.1) is 0 Å². The smallest absolute Gasteiger partial charge is 0.328 e. The first kappa shape index (κ1) is 70.9. The van der Waals surface area contributed by atoms with Gasteiger partial charge in [0, 0.05) is 62.6 Å². The van der Waals surface area contributed by atoms with Crippen molar-refractivity contribution in [2.24, 2.45) is 27.9 Å². The summed E-state index contributed by atoms with van der Waals surface area (Å²) in [6.07, 6.45) is -4.39. The van der Waals surface area contributed by atoms with Crippen LogP contribution in [0.5, 0.6) is 0 Å². The number of likely N-dealkylation sites (tertiary alicyclic amines) is 1. The van der Waals surface area contributed by atoms with Gasteiger partial charge in [0.15, 0.2) is 12.0 Å². The van der Waals surface area contributed by atoms with Crippen LogP contribution in [0.2, 0.25) is 0 Å². The number of rotatable bonds is 37. The molecule has 0 spiro atoms. The zero-order valence-corrected chi connectivity index (χ0v) is 47.1. The minimum atomic E-state index is -2.05. The summed E-state index contributed by atoms with van der Waals surface area (Å²) in [5, 5.41) is 77.8. The van der Waals surface area contributed by atoms with E-state index < -0.39 is 201 Å². The number of nitrogens with zero attached hydrogens (tertiary/aromatic N) is 4. The van der Waals surface area contributed by atoms with Gasteiger partial charge in [0.1, 0.15) is 54.4 Å². The van der Waals surface area contributed by atoms with Gasteiger partial charge in [-0.2, -0.15) is 0 Å². The van der Waals surface area contributed by atoms with Crippen LogP contribution in [0.3, 0.4) is 0 Å². The number of hydrogen-bond donors (Lipinski definition) is 20. The Labute approximate surface area is 489 Å². The van der Waals surface area contributed by atoms with Crippen molar-refractivity contribution in [3.63, 3.8) is 0 Å². The van der Waals surface area contributed by atoms with Crippen molar-refractivity contribution in [3.8, 4) is 0 Å². The van der Waals surface area contributed by atoms with Crippen LogP contribution in [0.4, 0.5) is 0 Å². The van der Waals surface area contributed by atoms with Crippen LogP contribution in [0.1, 0.15) is 89.9 Å². The molecule has 10 amide bonds. The lowest BCUT2D eigenvalue weighted by molar-refractivity contribution is -0.145. The Hall–Kier alpha value is -9.36. The third-order valence-corrected chi connectivity index (χ3v) is 13.2. The van der Waals surface area contributed by atoms with Crippen molar-refractivity contribution >= 4 is 82.9 Å². The maximum Gasteiger partial charge on any atom is 0.328 e. The van der Waals surface area contributed by atoms with E-state index in [1.165, 1.54) is 32.0 Å². The second-order valence-electron chi connectivity index (χ2n) is 20.2. The molecule has 0 radical (unpaired) electrons. The normalized spacial score (nSPS) is 17.1. The number of nitrogens with one attached hydrogen (secondary N) is 10. The Morgan fingerprint density at radius 3 is 1.47 bits per heavy atom. The summed E-state index contributed by atoms with van der Waals surface area (Å²) >= 11 is 0. The molecule has 0 aromatic carbocycles. The largest absolute Gasteiger partial charge is 0.481 e. The molecule has 2 aromatic rings. The highest BCUT2D eigenvalue weighted by Gasteiger charge is 2.41. The van der Waals surface area contributed by atoms with Crippen LogP contribution < -0.4 is 65.5 Å². The number of nitrogens with two attached hydrogens (primary N) is 4. The number of carboxylic acid groups (broad SMARTS) is 3. The van der Waals surface area contributed by atoms with Crippen molar-refractivity contribution in [2.75, 3.05) is 13.1 Å². The molecule has 86 heavy (non-hydrogen) atoms. The number of imidazole rings is 2. The first-order valence-electron chi connectivity index (χ1n) is 26.9. The number of amides is 10. The molecule has 0 unspecified atom stereocenters. The predicted molar refractivity (Wildman–Crippen MR) is 293 cm³/mol. The highest BCUT2D eigenvalue weighted by molar-refractivity contribution is 6.00. The van der Waals surface area contributed by atoms with Crippen LogP contribution in [0.25, 0.3) is 0 Å². The third kappa shape index (κ3) is 23.4. The number of aliphatic hydroxyl groups excluding tert-OH is 3. The summed E-state index contributed by atoms with van der Waals surface area (Å²) in [5.74, 6) is -16.4. The summed E-state index contributed by atoms with van der Waals surface area (Å²) in [5.41, 5.74) is 22.7. The van der Waals surface area contributed by atoms with Gasteiger partial charge in [0.25, 0.3) is 0 Å². The number of aliphatic carboxylic acids is 3. The number of hydrogen-bond acceptors (Lipinski definition) is 20. The lowest BCUT2D eigenvalue weighted by Gasteiger charge is -2.29. The van der Waals surface area contributed by atoms with E-state index >= 15 is 0 Å². The molecule has 1 saturated heterocycles. The van der Waals surface area contributed by atoms with Gasteiger partial charge in [0.2, 0.25) is 59.1 Å². The number of carboxylic acids is 3. The highest BCUT2D eigenvalue weighted by Crippen LogP contribution is 2.20. The quantitative estimate of drug-likeness (QED) is 0.0170. The van der Waals surface area contributed by atoms with Crippen LogP contribution in [-0.2, 0) is 75.2 Å². The Balaban J connectivity index is 1.94. The maximum atomic E-state index is 14.2. The number of carbonyl (C=O) groups is 13. The zero-order chi connectivity index (χ0) is 64.5. The lowest BCUT2D eigenvalue weighted by atomic mass is 10.0. The van der Waals surface area contributed by atoms with Crippen molar-refractivity contribution in [1.29, 1.82) is 0 Å². The monoisotopic (exact) mass is 1220 g/mol. The molecule has 1 fully saturated rings. The van der Waals surface area contributed by atoms with Gasteiger partial charge >= 0.3 is 17.9 Å². The first-order valence-corrected chi connectivity index (χ1v) is 26.9. The highest BCUT2D eigenvalue weighted by atomic mass is 16.4. The number of carbonyl (C=O) groups excluding carboxylic acids is 10. The number of aliphatic hydroxyl groups is 3. The Morgan fingerprint density at radius 2 is 1.02 bits per heavy atom. The summed E-state index contributed by atoms with van der Waals surface area (Å²) in [4.78, 5) is 191. The summed E-state index contributed by atoms with van der Waals surface area (Å²) in [6.45, 7) is 3.27. The second-order valence-corrected chi connectivity index (χ2v) is 20.2. The van der Waals surface area contributed by atoms with E-state index in [2.05, 4.69) is 67.5 Å². The van der Waals surface area contributed by atoms with Crippen molar-refractivity contribution < 1.29 is 93.0 Å². The molecule has 1 aliphatic rings. The van der Waals surface area contributed by atoms with Crippen LogP contribution in [-0.4, -0.2) is 230 Å². The standard InChI is InChI=1S/C49H76N18O19/c1-21(68)36(51)47(84)67-13-5-7-32(67)45(82)63-29(14-24-17-54-19-57-24)42(79)61-28(9-11-35(74)75)40(77)60-27(8-10-34(72)73)39(76)59-26(6-4-12-56-49(52)53)41(78)65-37(22(2)69)46(83)64-31(16-33(50)71)43(80)62-30(15-25-18-55-20-58-25)44(81)66-38(23(3)70)48(85)86/h17-23,26-32,36-38,68-70H,4-16,51H2,1-3H3,(H2,50,71)(H,54,57)(H,55,58)(H,59,76)(H,60,77)(H,61,79)(H,62,80)(H,63,82)(H,64,83)(H,65,78)(H,66,81)(H,72,73)(H,74,75)(H,85,86)(H4,52,53,56)/t21-,22-,23-,26+,27+,28+,29+,30+,31+,32+,36+,37+,38+/m1/s1. The van der Waals surface area contributed by atoms with Crippen molar-refractivity contribution in [2.45, 2.75) is 170 Å². The van der Waals surface area contributed by atoms with Crippen molar-refractivity contribution in [1.82, 2.24) is 67.4 Å². The van der Waals surface area contributed by atoms with E-state index in [9.17, 15) is 93.0 Å². The molecule has 476 valence electrons. The Bertz CT molecular complexity index is 2720. The molecule has 0 bridgehead atoms. The first-order chi connectivity index (χ1) is 40.4. The molecule has 0 saturated carbocycles. The van der Waals surface area contributed by atoms with E-state index in [1.54, 1.807) is 0 Å². The number of guanidine groups is 1. The topological polar surface area (TPSA) is 617 Å². The lowest BCUT2D eigenvalue weighted by Crippen LogP contribution is -2.62. The average molecular weight is 1220 g/mol. The number of aromatic nitrogens is 4. The van der Waals surface area contributed by atoms with Gasteiger partial charge in [0.05, 0.1) is 37.4 Å². The molecule has 2 aromatic heterocycles. The SMILES string of the molecule is C[C@@H](O)[C@H](N)C(=O)N1CCC[C@H]1C(=O)N[C@@H](Cc1cnc[nH]1)C(=O)N[C@@H](CCC(=O)O)C(=O)N[C@@H](CCC(=O)O)C(=O)N[C@@H](CCCN=C(N)N)C(=O)N[C@H](C(=O)N[C@@H](CC(N)=O)C(=O)N[C@@H](Cc1cnc[nH]1)C(=O)N[C@H](C(=O)O)[C@@H](C)O)[C@@H](C)O. The second kappa shape index (κ2) is 34.4. The van der Waals surface area contributed by atoms with E-state index in [0.717, 1.165) is 18.7 Å². The third-order valence-electron chi connectivity index (χ3n) is 13.2. The maximum absolute atomic E-state index is 14.2. The molecule has 0 aliphatic carbocycles. The Kier molecular flexibility index (Phi) is 28.4. The molecule has 24 N–H and O–H groups in total. The van der Waals surface area contributed by atoms with E-state index in [4.69, 9.17) is 22.9 Å². The van der Waals surface area contributed by atoms with Gasteiger partial charge in [-0.3, -0.25) is 62.5 Å². The van der Waals surface area contributed by atoms with Gasteiger partial charge in [-0.15, -0.1) is 0 Å². The molecular formula is C49H76N18O19. The van der Waals surface area contributed by atoms with Crippen LogP contribution >= 0.6 is 0 Å². The van der Waals surface area contributed by atoms with Crippen molar-refractivity contribution in [3.05, 3.63) is 36.4 Å². The van der Waals surface area contributed by atoms with E-state index in [1.807, 2.05) is 0 Å². The molecule has 37 heteroatoms. The molecular weight excluding hydrogens is 1140 g/mol. The number of primary amides is 1. The summed E-state index contributed by atoms with van der Waals surface area (Å²) in [7, 11) is 0. The van der Waals surface area contributed by atoms with Gasteiger partial charge in [-0.05, 0) is 59.3 Å². The van der Waals surface area contributed by atoms with Gasteiger partial charge in [-0.1, -0.05) is 0 Å². The van der Waals surface area contributed by atoms with Gasteiger partial charge < -0.3 is 111 Å². The Morgan fingerprint density at radius 1 is 0.593 bits per heavy atom. The van der Waals surface area contributed by atoms with Gasteiger partial charge in [-0.25, -0.2) is 14.8 Å². The minimum Gasteiger partial charge on any atom is -0.481 e. The molecule has 37 nitrogen and oxygen atoms in total. The minimum absolute atomic E-state index is 0.0861. The molecule has 3 rings (SSSR count). The fourth-order valence-corrected chi connectivity index (χ4v) is 8.53. The fourth-order valence-electron chi connectivity index (χ4n) is 8.53. The number of aromatic amines is 2. The summed E-state index contributed by atoms with van der Waals surface area (Å²) < 4.78 is 0. The molecule has 13 atom stereocenters. The molecule has 1 aliphatic heterocycles. The van der Waals surface area contributed by atoms with Crippen LogP contribution in [0.15, 0.2) is 30.0 Å². The molecule has 3 heterocycles. The number of aliphatic imine (C=N–C) groups is 1. The average Bonchev–Trinajstić information content (AvgIpc) is 4.46. The fraction of sp³-hybridized carbons (Fsp3) is 0.592. The van der Waals surface area contributed by atoms with E-state index in [-0.39, 0.29) is 49.7 Å². The summed E-state index contributed by atoms with van der Waals surface area (Å²) in [6, 6.07) is -17.2. The number of H-pyrrole nitrogens is 2. The zero-order valence-electron chi connectivity index (χ0n) is 47.1. The predicted octanol–water partition coefficient (Wildman–Crippen LogP) is -9.00. The van der Waals surface area contributed by atoms with E-state index in [0.29, 0.717) is 6.42 Å².